The molecule has 1 fully saturated rings. The maximum absolute atomic E-state index is 11.2. The molecular weight excluding hydrogens is 352 g/mol. The quantitative estimate of drug-likeness (QED) is 0.564. The number of nitrogens with zero attached hydrogens (tertiary/aromatic N) is 2. The third kappa shape index (κ3) is 5.87. The molecule has 3 rings (SSSR count). The lowest BCUT2D eigenvalue weighted by molar-refractivity contribution is 0.221. The highest BCUT2D eigenvalue weighted by atomic mass is 32.2. The molecule has 2 aliphatic rings. The molecule has 2 heterocycles. The first-order chi connectivity index (χ1) is 12.2. The van der Waals surface area contributed by atoms with E-state index in [1.165, 1.54) is 48.2 Å². The summed E-state index contributed by atoms with van der Waals surface area (Å²) in [5.41, 5.74) is 7.63. The summed E-state index contributed by atoms with van der Waals surface area (Å²) in [6.45, 7) is 4.31. The van der Waals surface area contributed by atoms with E-state index in [1.54, 1.807) is 0 Å². The van der Waals surface area contributed by atoms with E-state index in [2.05, 4.69) is 38.9 Å². The second kappa shape index (κ2) is 9.40. The minimum absolute atomic E-state index is 0.483. The SMILES string of the molecule is NC1=CS(=O)N=C1NCCCSc1cccc(CN2CCCCC2)c1. The maximum atomic E-state index is 11.2. The Hall–Kier alpha value is -1.31. The van der Waals surface area contributed by atoms with E-state index in [-0.39, 0.29) is 0 Å². The van der Waals surface area contributed by atoms with E-state index in [0.29, 0.717) is 11.5 Å². The fraction of sp³-hybridized carbons (Fsp3) is 0.500. The Morgan fingerprint density at radius 2 is 2.12 bits per heavy atom. The second-order valence-corrected chi connectivity index (χ2v) is 8.54. The van der Waals surface area contributed by atoms with E-state index in [1.807, 2.05) is 11.8 Å². The summed E-state index contributed by atoms with van der Waals surface area (Å²) in [5.74, 6) is 1.59. The largest absolute Gasteiger partial charge is 0.395 e. The Morgan fingerprint density at radius 3 is 2.88 bits per heavy atom. The first-order valence-corrected chi connectivity index (χ1v) is 11.0. The van der Waals surface area contributed by atoms with Gasteiger partial charge < -0.3 is 11.1 Å². The number of rotatable bonds is 7. The molecule has 5 nitrogen and oxygen atoms in total. The van der Waals surface area contributed by atoms with Crippen molar-refractivity contribution >= 4 is 28.6 Å². The first kappa shape index (κ1) is 18.5. The van der Waals surface area contributed by atoms with Crippen LogP contribution in [0.5, 0.6) is 0 Å². The van der Waals surface area contributed by atoms with Crippen molar-refractivity contribution in [2.24, 2.45) is 10.1 Å². The lowest BCUT2D eigenvalue weighted by Crippen LogP contribution is -2.29. The van der Waals surface area contributed by atoms with Crippen LogP contribution in [0.25, 0.3) is 0 Å². The molecular formula is C18H26N4OS2. The first-order valence-electron chi connectivity index (χ1n) is 8.86. The molecule has 1 aromatic carbocycles. The van der Waals surface area contributed by atoms with Gasteiger partial charge in [-0.1, -0.05) is 18.6 Å². The van der Waals surface area contributed by atoms with Crippen LogP contribution in [0.4, 0.5) is 0 Å². The topological polar surface area (TPSA) is 70.7 Å². The van der Waals surface area contributed by atoms with Crippen molar-refractivity contribution in [3.05, 3.63) is 40.9 Å². The van der Waals surface area contributed by atoms with E-state index >= 15 is 0 Å². The van der Waals surface area contributed by atoms with Gasteiger partial charge in [0, 0.05) is 18.0 Å². The lowest BCUT2D eigenvalue weighted by atomic mass is 10.1. The summed E-state index contributed by atoms with van der Waals surface area (Å²) in [6, 6.07) is 8.89. The van der Waals surface area contributed by atoms with Crippen molar-refractivity contribution < 1.29 is 4.21 Å². The van der Waals surface area contributed by atoms with Crippen LogP contribution < -0.4 is 11.1 Å². The van der Waals surface area contributed by atoms with E-state index < -0.39 is 11.0 Å². The third-order valence-electron chi connectivity index (χ3n) is 4.32. The van der Waals surface area contributed by atoms with E-state index in [4.69, 9.17) is 5.73 Å². The minimum atomic E-state index is -1.30. The number of hydrogen-bond donors (Lipinski definition) is 2. The van der Waals surface area contributed by atoms with Crippen molar-refractivity contribution in [2.75, 3.05) is 25.4 Å². The fourth-order valence-corrected chi connectivity index (χ4v) is 4.71. The van der Waals surface area contributed by atoms with E-state index in [0.717, 1.165) is 25.3 Å². The Labute approximate surface area is 156 Å². The van der Waals surface area contributed by atoms with Crippen LogP contribution in [0, 0.1) is 0 Å². The normalized spacial score (nSPS) is 21.0. The van der Waals surface area contributed by atoms with Crippen LogP contribution in [0.2, 0.25) is 0 Å². The highest BCUT2D eigenvalue weighted by molar-refractivity contribution is 7.99. The number of likely N-dealkylation sites (tertiary alicyclic amines) is 1. The Balaban J connectivity index is 1.38. The number of nitrogens with one attached hydrogen (secondary N) is 1. The van der Waals surface area contributed by atoms with Gasteiger partial charge >= 0.3 is 0 Å². The summed E-state index contributed by atoms with van der Waals surface area (Å²) < 4.78 is 15.2. The standard InChI is InChI=1S/C18H26N4OS2/c19-17-14-25(23)21-18(17)20-8-5-11-24-16-7-4-6-15(12-16)13-22-9-2-1-3-10-22/h4,6-7,12,14H,1-3,5,8-11,13,19H2,(H,20,21). The van der Waals surface area contributed by atoms with E-state index in [9.17, 15) is 4.21 Å². The molecule has 1 atom stereocenters. The average molecular weight is 379 g/mol. The zero-order valence-electron chi connectivity index (χ0n) is 14.4. The average Bonchev–Trinajstić information content (AvgIpc) is 2.93. The van der Waals surface area contributed by atoms with Crippen molar-refractivity contribution in [1.82, 2.24) is 10.2 Å². The van der Waals surface area contributed by atoms with Gasteiger partial charge in [-0.05, 0) is 55.8 Å². The van der Waals surface area contributed by atoms with Crippen LogP contribution in [0.3, 0.4) is 0 Å². The Bertz CT molecular complexity index is 669. The molecule has 0 saturated carbocycles. The highest BCUT2D eigenvalue weighted by Crippen LogP contribution is 2.21. The molecule has 1 aromatic rings. The van der Waals surface area contributed by atoms with Gasteiger partial charge in [-0.15, -0.1) is 11.8 Å². The smallest absolute Gasteiger partial charge is 0.169 e. The Kier molecular flexibility index (Phi) is 6.95. The van der Waals surface area contributed by atoms with Crippen molar-refractivity contribution in [3.63, 3.8) is 0 Å². The van der Waals surface area contributed by atoms with Gasteiger partial charge in [0.15, 0.2) is 16.8 Å². The van der Waals surface area contributed by atoms with Crippen molar-refractivity contribution in [2.45, 2.75) is 37.1 Å². The molecule has 3 N–H and O–H groups in total. The molecule has 0 aromatic heterocycles. The van der Waals surface area contributed by atoms with Gasteiger partial charge in [0.2, 0.25) is 0 Å². The van der Waals surface area contributed by atoms with Gasteiger partial charge in [0.25, 0.3) is 0 Å². The molecule has 7 heteroatoms. The number of amidine groups is 1. The van der Waals surface area contributed by atoms with Crippen LogP contribution in [0.1, 0.15) is 31.2 Å². The van der Waals surface area contributed by atoms with Gasteiger partial charge in [-0.25, -0.2) is 4.21 Å². The minimum Gasteiger partial charge on any atom is -0.395 e. The molecule has 0 amide bonds. The number of hydrogen-bond acceptors (Lipinski definition) is 5. The molecule has 2 aliphatic heterocycles. The lowest BCUT2D eigenvalue weighted by Gasteiger charge is -2.26. The molecule has 1 saturated heterocycles. The summed E-state index contributed by atoms with van der Waals surface area (Å²) in [7, 11) is -1.30. The molecule has 0 radical (unpaired) electrons. The molecule has 136 valence electrons. The van der Waals surface area contributed by atoms with Gasteiger partial charge in [-0.3, -0.25) is 4.90 Å². The summed E-state index contributed by atoms with van der Waals surface area (Å²) in [6.07, 6.45) is 5.05. The zero-order chi connectivity index (χ0) is 17.5. The molecule has 0 aliphatic carbocycles. The van der Waals surface area contributed by atoms with Crippen LogP contribution in [-0.4, -0.2) is 40.3 Å². The number of thioether (sulfide) groups is 1. The monoisotopic (exact) mass is 378 g/mol. The van der Waals surface area contributed by atoms with Crippen LogP contribution in [0.15, 0.2) is 44.7 Å². The second-order valence-electron chi connectivity index (χ2n) is 6.40. The van der Waals surface area contributed by atoms with Crippen LogP contribution >= 0.6 is 11.8 Å². The van der Waals surface area contributed by atoms with Gasteiger partial charge in [0.1, 0.15) is 0 Å². The molecule has 25 heavy (non-hydrogen) atoms. The molecule has 1 unspecified atom stereocenters. The number of nitrogens with two attached hydrogens (primary N) is 1. The van der Waals surface area contributed by atoms with Crippen molar-refractivity contribution in [3.8, 4) is 0 Å². The third-order valence-corrected chi connectivity index (χ3v) is 6.22. The molecule has 0 bridgehead atoms. The Morgan fingerprint density at radius 1 is 1.28 bits per heavy atom. The van der Waals surface area contributed by atoms with Crippen LogP contribution in [-0.2, 0) is 17.5 Å². The van der Waals surface area contributed by atoms with Gasteiger partial charge in [0.05, 0.1) is 11.1 Å². The summed E-state index contributed by atoms with van der Waals surface area (Å²) in [5, 5.41) is 4.62. The maximum Gasteiger partial charge on any atom is 0.169 e. The highest BCUT2D eigenvalue weighted by Gasteiger charge is 2.12. The summed E-state index contributed by atoms with van der Waals surface area (Å²) in [4.78, 5) is 3.88. The fourth-order valence-electron chi connectivity index (χ4n) is 3.05. The predicted octanol–water partition coefficient (Wildman–Crippen LogP) is 2.62. The number of benzene rings is 1. The number of piperidine rings is 1. The zero-order valence-corrected chi connectivity index (χ0v) is 16.1. The predicted molar refractivity (Wildman–Crippen MR) is 107 cm³/mol. The van der Waals surface area contributed by atoms with Crippen molar-refractivity contribution in [1.29, 1.82) is 0 Å². The van der Waals surface area contributed by atoms with Gasteiger partial charge in [-0.2, -0.15) is 4.40 Å². The summed E-state index contributed by atoms with van der Waals surface area (Å²) >= 11 is 1.88. The molecule has 0 spiro atoms.